The average Bonchev–Trinajstić information content (AvgIpc) is 2.22. The maximum absolute atomic E-state index is 3.92. The summed E-state index contributed by atoms with van der Waals surface area (Å²) >= 11 is 0. The van der Waals surface area contributed by atoms with Crippen molar-refractivity contribution >= 4 is 0 Å². The molecule has 0 aliphatic rings. The number of likely N-dealkylation sites (N-methyl/N-ethyl adjacent to an activating group) is 1. The smallest absolute Gasteiger partial charge is 0.0294 e. The molecule has 0 aromatic heterocycles. The summed E-state index contributed by atoms with van der Waals surface area (Å²) in [5.41, 5.74) is 4.68. The van der Waals surface area contributed by atoms with Crippen LogP contribution in [-0.4, -0.2) is 7.05 Å². The molecule has 78 valence electrons. The van der Waals surface area contributed by atoms with Crippen molar-refractivity contribution in [2.24, 2.45) is 0 Å². The highest BCUT2D eigenvalue weighted by atomic mass is 14.8. The molecule has 0 amide bonds. The zero-order valence-corrected chi connectivity index (χ0v) is 9.78. The molecule has 0 radical (unpaired) electrons. The van der Waals surface area contributed by atoms with Gasteiger partial charge in [0.1, 0.15) is 0 Å². The van der Waals surface area contributed by atoms with E-state index < -0.39 is 0 Å². The van der Waals surface area contributed by atoms with Crippen molar-refractivity contribution in [3.63, 3.8) is 0 Å². The van der Waals surface area contributed by atoms with Crippen LogP contribution in [0.2, 0.25) is 0 Å². The molecule has 0 spiro atoms. The Hall–Kier alpha value is -1.24. The van der Waals surface area contributed by atoms with Crippen molar-refractivity contribution in [1.82, 2.24) is 5.32 Å². The Kier molecular flexibility index (Phi) is 5.70. The van der Waals surface area contributed by atoms with Crippen LogP contribution < -0.4 is 5.32 Å². The van der Waals surface area contributed by atoms with Gasteiger partial charge < -0.3 is 5.32 Å². The standard InChI is InChI=1S/C13H21N/c1-7-10(3)13(8-2)9-11(4)12(5)14-6/h7,9,14H,1,5,8H2,2-4,6H3/b11-9-,13-10+. The summed E-state index contributed by atoms with van der Waals surface area (Å²) in [7, 11) is 1.88. The van der Waals surface area contributed by atoms with Gasteiger partial charge >= 0.3 is 0 Å². The van der Waals surface area contributed by atoms with Gasteiger partial charge in [-0.1, -0.05) is 32.2 Å². The Morgan fingerprint density at radius 2 is 1.93 bits per heavy atom. The second-order valence-electron chi connectivity index (χ2n) is 3.32. The largest absolute Gasteiger partial charge is 0.388 e. The summed E-state index contributed by atoms with van der Waals surface area (Å²) in [5.74, 6) is 0. The van der Waals surface area contributed by atoms with E-state index in [-0.39, 0.29) is 0 Å². The van der Waals surface area contributed by atoms with Crippen LogP contribution in [0.1, 0.15) is 27.2 Å². The second-order valence-corrected chi connectivity index (χ2v) is 3.32. The quantitative estimate of drug-likeness (QED) is 0.655. The minimum atomic E-state index is 0.966. The molecule has 0 aromatic carbocycles. The molecule has 14 heavy (non-hydrogen) atoms. The predicted octanol–water partition coefficient (Wildman–Crippen LogP) is 3.58. The number of rotatable bonds is 5. The molecule has 0 unspecified atom stereocenters. The first-order valence-corrected chi connectivity index (χ1v) is 4.94. The number of nitrogens with one attached hydrogen (secondary N) is 1. The molecule has 0 saturated heterocycles. The molecule has 0 fully saturated rings. The van der Waals surface area contributed by atoms with Crippen molar-refractivity contribution in [2.45, 2.75) is 27.2 Å². The molecule has 0 rings (SSSR count). The summed E-state index contributed by atoms with van der Waals surface area (Å²) < 4.78 is 0. The second kappa shape index (κ2) is 6.25. The Labute approximate surface area is 87.9 Å². The first kappa shape index (κ1) is 12.8. The fourth-order valence-corrected chi connectivity index (χ4v) is 1.17. The Morgan fingerprint density at radius 3 is 2.29 bits per heavy atom. The van der Waals surface area contributed by atoms with E-state index in [1.165, 1.54) is 16.7 Å². The van der Waals surface area contributed by atoms with Crippen molar-refractivity contribution < 1.29 is 0 Å². The molecule has 1 heteroatoms. The van der Waals surface area contributed by atoms with E-state index in [0.29, 0.717) is 0 Å². The van der Waals surface area contributed by atoms with Crippen LogP contribution in [0.3, 0.4) is 0 Å². The van der Waals surface area contributed by atoms with Crippen molar-refractivity contribution in [2.75, 3.05) is 7.05 Å². The third-order valence-electron chi connectivity index (χ3n) is 2.36. The van der Waals surface area contributed by atoms with Crippen LogP contribution in [0.15, 0.2) is 47.7 Å². The molecule has 0 heterocycles. The van der Waals surface area contributed by atoms with Crippen LogP contribution in [0.5, 0.6) is 0 Å². The number of hydrogen-bond acceptors (Lipinski definition) is 1. The van der Waals surface area contributed by atoms with Crippen LogP contribution in [-0.2, 0) is 0 Å². The van der Waals surface area contributed by atoms with E-state index in [1.54, 1.807) is 0 Å². The SMILES string of the molecule is C=C/C(C)=C(/C=C(/C)C(=C)NC)CC. The van der Waals surface area contributed by atoms with Crippen molar-refractivity contribution in [3.05, 3.63) is 47.7 Å². The van der Waals surface area contributed by atoms with E-state index in [9.17, 15) is 0 Å². The third-order valence-corrected chi connectivity index (χ3v) is 2.36. The van der Waals surface area contributed by atoms with E-state index in [1.807, 2.05) is 13.1 Å². The van der Waals surface area contributed by atoms with Gasteiger partial charge in [-0.15, -0.1) is 0 Å². The highest BCUT2D eigenvalue weighted by Crippen LogP contribution is 2.15. The van der Waals surface area contributed by atoms with E-state index in [4.69, 9.17) is 0 Å². The van der Waals surface area contributed by atoms with Gasteiger partial charge in [-0.2, -0.15) is 0 Å². The van der Waals surface area contributed by atoms with Gasteiger partial charge in [-0.25, -0.2) is 0 Å². The Balaban J connectivity index is 4.93. The lowest BCUT2D eigenvalue weighted by atomic mass is 10.0. The molecule has 0 aromatic rings. The monoisotopic (exact) mass is 191 g/mol. The lowest BCUT2D eigenvalue weighted by Crippen LogP contribution is -2.05. The van der Waals surface area contributed by atoms with Crippen molar-refractivity contribution in [1.29, 1.82) is 0 Å². The summed E-state index contributed by atoms with van der Waals surface area (Å²) in [6.45, 7) is 14.0. The third kappa shape index (κ3) is 3.65. The first-order chi connectivity index (χ1) is 6.56. The molecular formula is C13H21N. The summed E-state index contributed by atoms with van der Waals surface area (Å²) in [5, 5.41) is 3.04. The predicted molar refractivity (Wildman–Crippen MR) is 65.1 cm³/mol. The molecule has 0 aliphatic heterocycles. The molecule has 1 N–H and O–H groups in total. The summed E-state index contributed by atoms with van der Waals surface area (Å²) in [6.07, 6.45) is 5.08. The molecular weight excluding hydrogens is 170 g/mol. The normalized spacial score (nSPS) is 13.3. The molecule has 1 nitrogen and oxygen atoms in total. The lowest BCUT2D eigenvalue weighted by Gasteiger charge is -2.07. The Bertz CT molecular complexity index is 280. The van der Waals surface area contributed by atoms with Crippen molar-refractivity contribution in [3.8, 4) is 0 Å². The van der Waals surface area contributed by atoms with Gasteiger partial charge in [-0.3, -0.25) is 0 Å². The molecule has 0 atom stereocenters. The molecule has 0 saturated carbocycles. The summed E-state index contributed by atoms with van der Waals surface area (Å²) in [6, 6.07) is 0. The van der Waals surface area contributed by atoms with Gasteiger partial charge in [0.15, 0.2) is 0 Å². The minimum Gasteiger partial charge on any atom is -0.388 e. The van der Waals surface area contributed by atoms with Gasteiger partial charge in [0.25, 0.3) is 0 Å². The van der Waals surface area contributed by atoms with Crippen LogP contribution in [0, 0.1) is 0 Å². The molecule has 0 bridgehead atoms. The fraction of sp³-hybridized carbons (Fsp3) is 0.385. The fourth-order valence-electron chi connectivity index (χ4n) is 1.17. The highest BCUT2D eigenvalue weighted by Gasteiger charge is 1.97. The van der Waals surface area contributed by atoms with E-state index in [0.717, 1.165) is 12.1 Å². The molecule has 0 aliphatic carbocycles. The van der Waals surface area contributed by atoms with Crippen LogP contribution >= 0.6 is 0 Å². The van der Waals surface area contributed by atoms with Crippen LogP contribution in [0.4, 0.5) is 0 Å². The van der Waals surface area contributed by atoms with Gasteiger partial charge in [0, 0.05) is 12.7 Å². The maximum Gasteiger partial charge on any atom is 0.0294 e. The zero-order chi connectivity index (χ0) is 11.1. The first-order valence-electron chi connectivity index (χ1n) is 4.94. The summed E-state index contributed by atoms with van der Waals surface area (Å²) in [4.78, 5) is 0. The van der Waals surface area contributed by atoms with E-state index >= 15 is 0 Å². The van der Waals surface area contributed by atoms with Gasteiger partial charge in [0.2, 0.25) is 0 Å². The number of allylic oxidation sites excluding steroid dienone is 5. The highest BCUT2D eigenvalue weighted by molar-refractivity contribution is 5.37. The Morgan fingerprint density at radius 1 is 1.36 bits per heavy atom. The number of hydrogen-bond donors (Lipinski definition) is 1. The minimum absolute atomic E-state index is 0.966. The van der Waals surface area contributed by atoms with Gasteiger partial charge in [0.05, 0.1) is 0 Å². The zero-order valence-electron chi connectivity index (χ0n) is 9.78. The maximum atomic E-state index is 3.92. The lowest BCUT2D eigenvalue weighted by molar-refractivity contribution is 0.999. The van der Waals surface area contributed by atoms with E-state index in [2.05, 4.69) is 45.3 Å². The topological polar surface area (TPSA) is 12.0 Å². The van der Waals surface area contributed by atoms with Crippen LogP contribution in [0.25, 0.3) is 0 Å². The average molecular weight is 191 g/mol. The van der Waals surface area contributed by atoms with Gasteiger partial charge in [-0.05, 0) is 37.0 Å².